The van der Waals surface area contributed by atoms with Crippen molar-refractivity contribution < 1.29 is 22.7 Å². The fourth-order valence-electron chi connectivity index (χ4n) is 3.80. The third-order valence-electron chi connectivity index (χ3n) is 5.91. The Bertz CT molecular complexity index is 1400. The summed E-state index contributed by atoms with van der Waals surface area (Å²) < 4.78 is 33.7. The topological polar surface area (TPSA) is 96.0 Å². The number of carbonyl (C=O) groups is 2. The molecule has 0 aliphatic rings. The SMILES string of the molecule is COc1ccc(CN(C(=O)CN(c2ccc(Cl)c(Cl)c2)S(=O)(=O)c2ccccc2)[C@@H](C)C(=O)NC(C)C)cc1. The molecule has 0 unspecified atom stereocenters. The van der Waals surface area contributed by atoms with Crippen LogP contribution in [-0.2, 0) is 26.2 Å². The molecule has 3 rings (SSSR count). The number of amides is 2. The van der Waals surface area contributed by atoms with Gasteiger partial charge in [0.25, 0.3) is 10.0 Å². The first kappa shape index (κ1) is 30.3. The van der Waals surface area contributed by atoms with E-state index >= 15 is 0 Å². The number of halogens is 2. The fraction of sp³-hybridized carbons (Fsp3) is 0.286. The summed E-state index contributed by atoms with van der Waals surface area (Å²) in [6, 6.07) is 18.1. The molecule has 0 aromatic heterocycles. The molecule has 208 valence electrons. The van der Waals surface area contributed by atoms with E-state index in [0.717, 1.165) is 9.87 Å². The van der Waals surface area contributed by atoms with Crippen molar-refractivity contribution >= 4 is 50.7 Å². The molecule has 8 nitrogen and oxygen atoms in total. The Morgan fingerprint density at radius 2 is 1.56 bits per heavy atom. The van der Waals surface area contributed by atoms with Crippen LogP contribution in [0.25, 0.3) is 0 Å². The first-order valence-corrected chi connectivity index (χ1v) is 14.4. The molecule has 1 atom stereocenters. The highest BCUT2D eigenvalue weighted by molar-refractivity contribution is 7.92. The van der Waals surface area contributed by atoms with Crippen LogP contribution in [0, 0.1) is 0 Å². The largest absolute Gasteiger partial charge is 0.497 e. The minimum atomic E-state index is -4.19. The summed E-state index contributed by atoms with van der Waals surface area (Å²) in [6.07, 6.45) is 0. The molecule has 39 heavy (non-hydrogen) atoms. The van der Waals surface area contributed by atoms with Crippen molar-refractivity contribution in [2.45, 2.75) is 44.3 Å². The lowest BCUT2D eigenvalue weighted by Crippen LogP contribution is -2.52. The van der Waals surface area contributed by atoms with Crippen LogP contribution in [-0.4, -0.2) is 50.9 Å². The van der Waals surface area contributed by atoms with Crippen molar-refractivity contribution in [3.05, 3.63) is 88.4 Å². The predicted molar refractivity (Wildman–Crippen MR) is 154 cm³/mol. The lowest BCUT2D eigenvalue weighted by atomic mass is 10.1. The lowest BCUT2D eigenvalue weighted by molar-refractivity contribution is -0.139. The van der Waals surface area contributed by atoms with E-state index in [1.807, 2.05) is 13.8 Å². The van der Waals surface area contributed by atoms with Crippen molar-refractivity contribution in [2.75, 3.05) is 18.0 Å². The van der Waals surface area contributed by atoms with Gasteiger partial charge in [-0.15, -0.1) is 0 Å². The molecule has 0 heterocycles. The molecule has 0 aliphatic heterocycles. The number of sulfonamides is 1. The zero-order valence-electron chi connectivity index (χ0n) is 22.1. The van der Waals surface area contributed by atoms with Crippen LogP contribution in [0.15, 0.2) is 77.7 Å². The van der Waals surface area contributed by atoms with Crippen molar-refractivity contribution in [1.29, 1.82) is 0 Å². The van der Waals surface area contributed by atoms with E-state index in [1.54, 1.807) is 56.5 Å². The Labute approximate surface area is 239 Å². The molecular weight excluding hydrogens is 561 g/mol. The normalized spacial score (nSPS) is 12.1. The summed E-state index contributed by atoms with van der Waals surface area (Å²) in [6.45, 7) is 4.73. The number of carbonyl (C=O) groups excluding carboxylic acids is 2. The van der Waals surface area contributed by atoms with Gasteiger partial charge in [0.05, 0.1) is 27.7 Å². The van der Waals surface area contributed by atoms with Gasteiger partial charge in [0, 0.05) is 12.6 Å². The quantitative estimate of drug-likeness (QED) is 0.333. The van der Waals surface area contributed by atoms with E-state index in [4.69, 9.17) is 27.9 Å². The summed E-state index contributed by atoms with van der Waals surface area (Å²) >= 11 is 12.3. The summed E-state index contributed by atoms with van der Waals surface area (Å²) in [5.41, 5.74) is 0.894. The summed E-state index contributed by atoms with van der Waals surface area (Å²) in [4.78, 5) is 28.2. The van der Waals surface area contributed by atoms with Gasteiger partial charge in [0.2, 0.25) is 11.8 Å². The standard InChI is InChI=1S/C28H31Cl2N3O5S/c1-19(2)31-28(35)20(3)32(17-21-10-13-23(38-4)14-11-21)27(34)18-33(22-12-15-25(29)26(30)16-22)39(36,37)24-8-6-5-7-9-24/h5-16,19-20H,17-18H2,1-4H3,(H,31,35)/t20-/m0/s1. The van der Waals surface area contributed by atoms with Gasteiger partial charge in [-0.2, -0.15) is 0 Å². The molecule has 0 radical (unpaired) electrons. The number of hydrogen-bond acceptors (Lipinski definition) is 5. The van der Waals surface area contributed by atoms with E-state index in [0.29, 0.717) is 5.75 Å². The van der Waals surface area contributed by atoms with Gasteiger partial charge in [0.15, 0.2) is 0 Å². The molecule has 0 saturated heterocycles. The molecule has 1 N–H and O–H groups in total. The van der Waals surface area contributed by atoms with Crippen molar-refractivity contribution in [3.8, 4) is 5.75 Å². The molecule has 3 aromatic carbocycles. The zero-order valence-corrected chi connectivity index (χ0v) is 24.4. The fourth-order valence-corrected chi connectivity index (χ4v) is 5.52. The van der Waals surface area contributed by atoms with Gasteiger partial charge in [-0.3, -0.25) is 13.9 Å². The highest BCUT2D eigenvalue weighted by Gasteiger charge is 2.32. The van der Waals surface area contributed by atoms with Gasteiger partial charge < -0.3 is 15.0 Å². The highest BCUT2D eigenvalue weighted by atomic mass is 35.5. The molecule has 0 aliphatic carbocycles. The maximum Gasteiger partial charge on any atom is 0.264 e. The monoisotopic (exact) mass is 591 g/mol. The molecule has 2 amide bonds. The summed E-state index contributed by atoms with van der Waals surface area (Å²) in [5, 5.41) is 3.19. The highest BCUT2D eigenvalue weighted by Crippen LogP contribution is 2.31. The van der Waals surface area contributed by atoms with Gasteiger partial charge >= 0.3 is 0 Å². The number of ether oxygens (including phenoxy) is 1. The first-order valence-electron chi connectivity index (χ1n) is 12.2. The third-order valence-corrected chi connectivity index (χ3v) is 8.44. The molecule has 0 fully saturated rings. The predicted octanol–water partition coefficient (Wildman–Crippen LogP) is 5.14. The Kier molecular flexibility index (Phi) is 10.2. The molecule has 11 heteroatoms. The maximum atomic E-state index is 13.9. The number of anilines is 1. The van der Waals surface area contributed by atoms with E-state index in [9.17, 15) is 18.0 Å². The van der Waals surface area contributed by atoms with E-state index in [1.165, 1.54) is 35.2 Å². The number of rotatable bonds is 11. The maximum absolute atomic E-state index is 13.9. The lowest BCUT2D eigenvalue weighted by Gasteiger charge is -2.32. The van der Waals surface area contributed by atoms with Gasteiger partial charge in [0.1, 0.15) is 18.3 Å². The third kappa shape index (κ3) is 7.65. The average Bonchev–Trinajstić information content (AvgIpc) is 2.91. The van der Waals surface area contributed by atoms with Crippen LogP contribution in [0.2, 0.25) is 10.0 Å². The van der Waals surface area contributed by atoms with Crippen molar-refractivity contribution in [2.24, 2.45) is 0 Å². The van der Waals surface area contributed by atoms with Gasteiger partial charge in [-0.1, -0.05) is 53.5 Å². The van der Waals surface area contributed by atoms with E-state index in [-0.39, 0.29) is 39.1 Å². The Balaban J connectivity index is 2.03. The van der Waals surface area contributed by atoms with Crippen LogP contribution in [0.5, 0.6) is 5.75 Å². The number of nitrogens with zero attached hydrogens (tertiary/aromatic N) is 2. The van der Waals surface area contributed by atoms with Crippen LogP contribution >= 0.6 is 23.2 Å². The van der Waals surface area contributed by atoms with Gasteiger partial charge in [-0.25, -0.2) is 8.42 Å². The van der Waals surface area contributed by atoms with Crippen molar-refractivity contribution in [1.82, 2.24) is 10.2 Å². The minimum absolute atomic E-state index is 0.00354. The minimum Gasteiger partial charge on any atom is -0.497 e. The number of hydrogen-bond donors (Lipinski definition) is 1. The zero-order chi connectivity index (χ0) is 28.7. The van der Waals surface area contributed by atoms with E-state index in [2.05, 4.69) is 5.32 Å². The Morgan fingerprint density at radius 3 is 2.13 bits per heavy atom. The first-order chi connectivity index (χ1) is 18.4. The number of nitrogens with one attached hydrogen (secondary N) is 1. The number of benzene rings is 3. The van der Waals surface area contributed by atoms with Crippen LogP contribution in [0.4, 0.5) is 5.69 Å². The van der Waals surface area contributed by atoms with E-state index < -0.39 is 28.5 Å². The summed E-state index contributed by atoms with van der Waals surface area (Å²) in [5.74, 6) is -0.302. The second kappa shape index (κ2) is 13.2. The van der Waals surface area contributed by atoms with Crippen LogP contribution in [0.1, 0.15) is 26.3 Å². The Hall–Kier alpha value is -3.27. The molecular formula is C28H31Cl2N3O5S. The average molecular weight is 593 g/mol. The van der Waals surface area contributed by atoms with Crippen LogP contribution in [0.3, 0.4) is 0 Å². The van der Waals surface area contributed by atoms with Crippen molar-refractivity contribution in [3.63, 3.8) is 0 Å². The molecule has 0 spiro atoms. The smallest absolute Gasteiger partial charge is 0.264 e. The van der Waals surface area contributed by atoms with Crippen LogP contribution < -0.4 is 14.4 Å². The molecule has 0 bridgehead atoms. The molecule has 0 saturated carbocycles. The second-order valence-corrected chi connectivity index (χ2v) is 11.8. The number of methoxy groups -OCH3 is 1. The Morgan fingerprint density at radius 1 is 0.923 bits per heavy atom. The molecule has 3 aromatic rings. The second-order valence-electron chi connectivity index (χ2n) is 9.13. The summed E-state index contributed by atoms with van der Waals surface area (Å²) in [7, 11) is -2.64. The van der Waals surface area contributed by atoms with Gasteiger partial charge in [-0.05, 0) is 68.8 Å².